The van der Waals surface area contributed by atoms with E-state index in [-0.39, 0.29) is 12.5 Å². The number of aliphatic hydroxyl groups is 1. The van der Waals surface area contributed by atoms with Gasteiger partial charge in [-0.1, -0.05) is 0 Å². The number of nitrogens with one attached hydrogen (secondary N) is 1. The van der Waals surface area contributed by atoms with Crippen LogP contribution in [0.3, 0.4) is 0 Å². The van der Waals surface area contributed by atoms with Gasteiger partial charge in [0.15, 0.2) is 0 Å². The average Bonchev–Trinajstić information content (AvgIpc) is 2.92. The Kier molecular flexibility index (Phi) is 4.01. The van der Waals surface area contributed by atoms with Crippen LogP contribution in [0.25, 0.3) is 0 Å². The average molecular weight is 293 g/mol. The zero-order valence-electron chi connectivity index (χ0n) is 12.1. The minimum absolute atomic E-state index is 0.140. The van der Waals surface area contributed by atoms with E-state index >= 15 is 0 Å². The molecule has 4 nitrogen and oxygen atoms in total. The molecule has 1 unspecified atom stereocenters. The number of thiophene rings is 1. The first-order chi connectivity index (χ1) is 9.31. The van der Waals surface area contributed by atoms with Crippen LogP contribution < -0.4 is 5.32 Å². The second-order valence-electron chi connectivity index (χ2n) is 5.25. The molecule has 5 heteroatoms. The highest BCUT2D eigenvalue weighted by Crippen LogP contribution is 2.26. The van der Waals surface area contributed by atoms with Crippen LogP contribution in [0.5, 0.6) is 0 Å². The van der Waals surface area contributed by atoms with Crippen LogP contribution in [0.15, 0.2) is 21.2 Å². The number of rotatable bonds is 4. The normalized spacial score (nSPS) is 14.1. The Bertz CT molecular complexity index is 625. The number of amides is 1. The summed E-state index contributed by atoms with van der Waals surface area (Å²) >= 11 is 1.49. The zero-order chi connectivity index (χ0) is 14.9. The highest BCUT2D eigenvalue weighted by Gasteiger charge is 2.28. The maximum atomic E-state index is 12.1. The fraction of sp³-hybridized carbons (Fsp3) is 0.400. The molecule has 2 aromatic heterocycles. The van der Waals surface area contributed by atoms with Gasteiger partial charge in [0.1, 0.15) is 17.1 Å². The third kappa shape index (κ3) is 2.94. The van der Waals surface area contributed by atoms with E-state index in [1.807, 2.05) is 31.5 Å². The highest BCUT2D eigenvalue weighted by atomic mass is 32.1. The lowest BCUT2D eigenvalue weighted by atomic mass is 9.96. The van der Waals surface area contributed by atoms with E-state index in [1.54, 1.807) is 13.0 Å². The number of carbonyl (C=O) groups is 1. The van der Waals surface area contributed by atoms with Crippen LogP contribution in [0, 0.1) is 20.8 Å². The maximum Gasteiger partial charge on any atom is 0.252 e. The molecule has 0 saturated heterocycles. The number of hydrogen-bond acceptors (Lipinski definition) is 4. The van der Waals surface area contributed by atoms with Gasteiger partial charge in [-0.2, -0.15) is 11.3 Å². The van der Waals surface area contributed by atoms with Gasteiger partial charge in [0, 0.05) is 10.9 Å². The topological polar surface area (TPSA) is 62.5 Å². The lowest BCUT2D eigenvalue weighted by Crippen LogP contribution is -2.38. The van der Waals surface area contributed by atoms with Gasteiger partial charge in [-0.05, 0) is 44.7 Å². The van der Waals surface area contributed by atoms with E-state index in [1.165, 1.54) is 11.3 Å². The van der Waals surface area contributed by atoms with E-state index in [4.69, 9.17) is 4.42 Å². The van der Waals surface area contributed by atoms with Gasteiger partial charge >= 0.3 is 0 Å². The van der Waals surface area contributed by atoms with Crippen LogP contribution >= 0.6 is 11.3 Å². The van der Waals surface area contributed by atoms with Crippen LogP contribution in [-0.4, -0.2) is 17.6 Å². The largest absolute Gasteiger partial charge is 0.466 e. The van der Waals surface area contributed by atoms with E-state index < -0.39 is 5.60 Å². The smallest absolute Gasteiger partial charge is 0.252 e. The molecule has 1 atom stereocenters. The number of aryl methyl sites for hydroxylation is 3. The molecule has 2 rings (SSSR count). The Hall–Kier alpha value is -1.59. The molecule has 2 N–H and O–H groups in total. The minimum Gasteiger partial charge on any atom is -0.466 e. The fourth-order valence-electron chi connectivity index (χ4n) is 2.20. The van der Waals surface area contributed by atoms with Crippen molar-refractivity contribution in [2.75, 3.05) is 6.54 Å². The molecule has 2 heterocycles. The first-order valence-electron chi connectivity index (χ1n) is 6.42. The monoisotopic (exact) mass is 293 g/mol. The summed E-state index contributed by atoms with van der Waals surface area (Å²) in [7, 11) is 0. The summed E-state index contributed by atoms with van der Waals surface area (Å²) in [5.74, 6) is 1.26. The van der Waals surface area contributed by atoms with Gasteiger partial charge in [0.05, 0.1) is 12.1 Å². The van der Waals surface area contributed by atoms with E-state index in [9.17, 15) is 9.90 Å². The lowest BCUT2D eigenvalue weighted by Gasteiger charge is -2.23. The Labute approximate surface area is 122 Å². The molecule has 1 amide bonds. The Morgan fingerprint density at radius 1 is 1.40 bits per heavy atom. The number of hydrogen-bond donors (Lipinski definition) is 2. The lowest BCUT2D eigenvalue weighted by molar-refractivity contribution is 0.0514. The molecule has 0 saturated carbocycles. The first-order valence-corrected chi connectivity index (χ1v) is 7.36. The SMILES string of the molecule is Cc1cc(C(C)(O)CNC(=O)c2cscc2C)c(C)o1. The molecule has 2 aromatic rings. The van der Waals surface area contributed by atoms with Crippen LogP contribution in [0.1, 0.15) is 39.9 Å². The predicted octanol–water partition coefficient (Wildman–Crippen LogP) is 2.90. The van der Waals surface area contributed by atoms with E-state index in [2.05, 4.69) is 5.32 Å². The maximum absolute atomic E-state index is 12.1. The first kappa shape index (κ1) is 14.8. The molecule has 20 heavy (non-hydrogen) atoms. The summed E-state index contributed by atoms with van der Waals surface area (Å²) in [4.78, 5) is 12.1. The van der Waals surface area contributed by atoms with E-state index in [0.29, 0.717) is 16.9 Å². The minimum atomic E-state index is -1.15. The van der Waals surface area contributed by atoms with E-state index in [0.717, 1.165) is 11.3 Å². The van der Waals surface area contributed by atoms with Crippen molar-refractivity contribution in [1.29, 1.82) is 0 Å². The van der Waals surface area contributed by atoms with Crippen molar-refractivity contribution >= 4 is 17.2 Å². The second kappa shape index (κ2) is 5.42. The van der Waals surface area contributed by atoms with Crippen molar-refractivity contribution in [3.05, 3.63) is 45.0 Å². The summed E-state index contributed by atoms with van der Waals surface area (Å²) in [6, 6.07) is 1.80. The van der Waals surface area contributed by atoms with Crippen molar-refractivity contribution in [3.8, 4) is 0 Å². The number of furan rings is 1. The Morgan fingerprint density at radius 3 is 2.60 bits per heavy atom. The fourth-order valence-corrected chi connectivity index (χ4v) is 3.03. The molecule has 0 aliphatic carbocycles. The second-order valence-corrected chi connectivity index (χ2v) is 6.00. The highest BCUT2D eigenvalue weighted by molar-refractivity contribution is 7.08. The third-order valence-electron chi connectivity index (χ3n) is 3.31. The standard InChI is InChI=1S/C15H19NO3S/c1-9-6-20-7-12(9)14(17)16-8-15(4,18)13-5-10(2)19-11(13)3/h5-7,18H,8H2,1-4H3,(H,16,17). The summed E-state index contributed by atoms with van der Waals surface area (Å²) in [6.07, 6.45) is 0. The molecule has 0 bridgehead atoms. The Morgan fingerprint density at radius 2 is 2.10 bits per heavy atom. The summed E-state index contributed by atoms with van der Waals surface area (Å²) in [5.41, 5.74) is 1.16. The zero-order valence-corrected chi connectivity index (χ0v) is 12.9. The van der Waals surface area contributed by atoms with Crippen molar-refractivity contribution in [2.24, 2.45) is 0 Å². The van der Waals surface area contributed by atoms with Crippen molar-refractivity contribution in [3.63, 3.8) is 0 Å². The molecule has 0 fully saturated rings. The molecular formula is C15H19NO3S. The van der Waals surface area contributed by atoms with Gasteiger partial charge in [0.2, 0.25) is 0 Å². The molecule has 0 aliphatic rings. The number of carbonyl (C=O) groups excluding carboxylic acids is 1. The Balaban J connectivity index is 2.08. The van der Waals surface area contributed by atoms with Gasteiger partial charge in [0.25, 0.3) is 5.91 Å². The van der Waals surface area contributed by atoms with Crippen LogP contribution in [0.2, 0.25) is 0 Å². The predicted molar refractivity (Wildman–Crippen MR) is 79.1 cm³/mol. The summed E-state index contributed by atoms with van der Waals surface area (Å²) in [5, 5.41) is 17.0. The third-order valence-corrected chi connectivity index (χ3v) is 4.18. The van der Waals surface area contributed by atoms with Crippen molar-refractivity contribution in [1.82, 2.24) is 5.32 Å². The molecule has 0 aromatic carbocycles. The summed E-state index contributed by atoms with van der Waals surface area (Å²) in [6.45, 7) is 7.35. The van der Waals surface area contributed by atoms with Crippen molar-refractivity contribution < 1.29 is 14.3 Å². The van der Waals surface area contributed by atoms with Gasteiger partial charge < -0.3 is 14.8 Å². The quantitative estimate of drug-likeness (QED) is 0.911. The molecule has 0 spiro atoms. The van der Waals surface area contributed by atoms with Gasteiger partial charge in [-0.25, -0.2) is 0 Å². The molecule has 108 valence electrons. The van der Waals surface area contributed by atoms with Crippen molar-refractivity contribution in [2.45, 2.75) is 33.3 Å². The molecular weight excluding hydrogens is 274 g/mol. The van der Waals surface area contributed by atoms with Gasteiger partial charge in [-0.15, -0.1) is 0 Å². The molecule has 0 aliphatic heterocycles. The van der Waals surface area contributed by atoms with Gasteiger partial charge in [-0.3, -0.25) is 4.79 Å². The van der Waals surface area contributed by atoms with Crippen LogP contribution in [-0.2, 0) is 5.60 Å². The van der Waals surface area contributed by atoms with Crippen LogP contribution in [0.4, 0.5) is 0 Å². The summed E-state index contributed by atoms with van der Waals surface area (Å²) < 4.78 is 5.43. The molecule has 0 radical (unpaired) electrons.